The molecule has 0 fully saturated rings. The fraction of sp³-hybridized carbons (Fsp3) is 0.286. The van der Waals surface area contributed by atoms with E-state index < -0.39 is 4.92 Å². The number of nitrogens with two attached hydrogens (primary N) is 1. The van der Waals surface area contributed by atoms with Crippen LogP contribution < -0.4 is 16.6 Å². The van der Waals surface area contributed by atoms with Crippen molar-refractivity contribution in [1.29, 1.82) is 0 Å². The maximum absolute atomic E-state index is 10.9. The van der Waals surface area contributed by atoms with Gasteiger partial charge in [-0.1, -0.05) is 19.9 Å². The Labute approximate surface area is 127 Å². The van der Waals surface area contributed by atoms with Gasteiger partial charge in [-0.15, -0.1) is 11.3 Å². The summed E-state index contributed by atoms with van der Waals surface area (Å²) >= 11 is 1.70. The molecule has 0 saturated carbocycles. The van der Waals surface area contributed by atoms with E-state index >= 15 is 0 Å². The number of nitrogens with one attached hydrogen (secondary N) is 2. The Hall–Kier alpha value is -2.12. The van der Waals surface area contributed by atoms with E-state index in [1.165, 1.54) is 17.0 Å². The summed E-state index contributed by atoms with van der Waals surface area (Å²) in [5.41, 5.74) is 3.56. The van der Waals surface area contributed by atoms with Gasteiger partial charge in [0.15, 0.2) is 0 Å². The van der Waals surface area contributed by atoms with Gasteiger partial charge in [0.1, 0.15) is 0 Å². The zero-order valence-electron chi connectivity index (χ0n) is 11.9. The molecule has 0 amide bonds. The Morgan fingerprint density at radius 2 is 2.05 bits per heavy atom. The van der Waals surface area contributed by atoms with Crippen LogP contribution in [0.3, 0.4) is 0 Å². The molecule has 0 atom stereocenters. The molecule has 7 heteroatoms. The van der Waals surface area contributed by atoms with Crippen LogP contribution in [0.5, 0.6) is 0 Å². The fourth-order valence-electron chi connectivity index (χ4n) is 1.98. The second-order valence-electron chi connectivity index (χ2n) is 5.38. The first-order valence-corrected chi connectivity index (χ1v) is 7.34. The molecule has 6 nitrogen and oxygen atoms in total. The second kappa shape index (κ2) is 6.11. The number of nitrogen functional groups attached to an aromatic ring is 1. The maximum atomic E-state index is 10.9. The molecule has 2 rings (SSSR count). The van der Waals surface area contributed by atoms with E-state index in [2.05, 4.69) is 30.7 Å². The minimum atomic E-state index is -0.434. The molecule has 0 bridgehead atoms. The van der Waals surface area contributed by atoms with Gasteiger partial charge in [-0.25, -0.2) is 0 Å². The van der Waals surface area contributed by atoms with Gasteiger partial charge in [0, 0.05) is 34.7 Å². The molecule has 0 radical (unpaired) electrons. The summed E-state index contributed by atoms with van der Waals surface area (Å²) in [6.07, 6.45) is 0. The Morgan fingerprint density at radius 3 is 2.62 bits per heavy atom. The van der Waals surface area contributed by atoms with Gasteiger partial charge >= 0.3 is 0 Å². The van der Waals surface area contributed by atoms with Crippen LogP contribution in [0.15, 0.2) is 35.7 Å². The van der Waals surface area contributed by atoms with Crippen LogP contribution in [0.2, 0.25) is 0 Å². The zero-order valence-corrected chi connectivity index (χ0v) is 12.7. The molecule has 0 aliphatic rings. The molecule has 112 valence electrons. The molecule has 1 aromatic heterocycles. The quantitative estimate of drug-likeness (QED) is 0.432. The van der Waals surface area contributed by atoms with Gasteiger partial charge < -0.3 is 10.7 Å². The highest BCUT2D eigenvalue weighted by molar-refractivity contribution is 7.10. The van der Waals surface area contributed by atoms with Crippen molar-refractivity contribution in [3.8, 4) is 0 Å². The molecular weight excluding hydrogens is 288 g/mol. The van der Waals surface area contributed by atoms with Gasteiger partial charge in [-0.2, -0.15) is 0 Å². The number of nitrogens with zero attached hydrogens (tertiary/aromatic N) is 1. The van der Waals surface area contributed by atoms with Gasteiger partial charge in [-0.05, 0) is 17.5 Å². The first-order valence-electron chi connectivity index (χ1n) is 6.46. The van der Waals surface area contributed by atoms with Crippen molar-refractivity contribution in [2.24, 2.45) is 5.84 Å². The average molecular weight is 306 g/mol. The fourth-order valence-corrected chi connectivity index (χ4v) is 2.83. The van der Waals surface area contributed by atoms with Crippen molar-refractivity contribution < 1.29 is 4.92 Å². The molecule has 21 heavy (non-hydrogen) atoms. The van der Waals surface area contributed by atoms with Gasteiger partial charge in [0.05, 0.1) is 10.6 Å². The highest BCUT2D eigenvalue weighted by atomic mass is 32.1. The van der Waals surface area contributed by atoms with E-state index in [1.54, 1.807) is 17.4 Å². The van der Waals surface area contributed by atoms with Gasteiger partial charge in [0.25, 0.3) is 5.69 Å². The van der Waals surface area contributed by atoms with E-state index in [0.29, 0.717) is 17.9 Å². The Balaban J connectivity index is 2.16. The number of nitro benzene ring substituents is 1. The van der Waals surface area contributed by atoms with Crippen molar-refractivity contribution in [3.63, 3.8) is 0 Å². The van der Waals surface area contributed by atoms with Crippen LogP contribution in [-0.4, -0.2) is 11.5 Å². The predicted molar refractivity (Wildman–Crippen MR) is 86.7 cm³/mol. The summed E-state index contributed by atoms with van der Waals surface area (Å²) in [5, 5.41) is 16.2. The smallest absolute Gasteiger partial charge is 0.273 e. The lowest BCUT2D eigenvalue weighted by Crippen LogP contribution is -2.26. The summed E-state index contributed by atoms with van der Waals surface area (Å²) in [7, 11) is 0. The van der Waals surface area contributed by atoms with E-state index in [0.717, 1.165) is 0 Å². The number of thiophene rings is 1. The van der Waals surface area contributed by atoms with Crippen molar-refractivity contribution >= 4 is 28.4 Å². The Bertz CT molecular complexity index is 626. The van der Waals surface area contributed by atoms with Crippen molar-refractivity contribution in [3.05, 3.63) is 50.7 Å². The molecule has 0 saturated heterocycles. The molecule has 1 heterocycles. The third kappa shape index (κ3) is 3.71. The molecule has 0 aliphatic heterocycles. The lowest BCUT2D eigenvalue weighted by atomic mass is 9.91. The largest absolute Gasteiger partial charge is 0.384 e. The number of hydrogen-bond donors (Lipinski definition) is 3. The van der Waals surface area contributed by atoms with E-state index in [4.69, 9.17) is 5.84 Å². The van der Waals surface area contributed by atoms with Crippen molar-refractivity contribution in [2.75, 3.05) is 17.3 Å². The summed E-state index contributed by atoms with van der Waals surface area (Å²) in [6.45, 7) is 4.93. The lowest BCUT2D eigenvalue weighted by molar-refractivity contribution is -0.384. The first-order chi connectivity index (χ1) is 9.92. The number of non-ortho nitro benzene ring substituents is 1. The monoisotopic (exact) mass is 306 g/mol. The molecule has 4 N–H and O–H groups in total. The van der Waals surface area contributed by atoms with E-state index in [9.17, 15) is 10.1 Å². The SMILES string of the molecule is CC(C)(CNc1cc(NN)cc([N+](=O)[O-])c1)c1cccs1. The maximum Gasteiger partial charge on any atom is 0.273 e. The number of hydrazine groups is 1. The standard InChI is InChI=1S/C14H18N4O2S/c1-14(2,13-4-3-5-21-13)9-16-10-6-11(17-15)8-12(7-10)18(19)20/h3-8,16-17H,9,15H2,1-2H3. The van der Waals surface area contributed by atoms with Crippen LogP contribution in [0.25, 0.3) is 0 Å². The molecular formula is C14H18N4O2S. The van der Waals surface area contributed by atoms with Crippen LogP contribution in [-0.2, 0) is 5.41 Å². The molecule has 0 unspecified atom stereocenters. The van der Waals surface area contributed by atoms with Crippen molar-refractivity contribution in [2.45, 2.75) is 19.3 Å². The average Bonchev–Trinajstić information content (AvgIpc) is 3.00. The Kier molecular flexibility index (Phi) is 4.44. The number of anilines is 2. The summed E-state index contributed by atoms with van der Waals surface area (Å²) in [6, 6.07) is 8.76. The summed E-state index contributed by atoms with van der Waals surface area (Å²) in [4.78, 5) is 11.7. The molecule has 0 spiro atoms. The predicted octanol–water partition coefficient (Wildman–Crippen LogP) is 3.33. The number of rotatable bonds is 6. The topological polar surface area (TPSA) is 93.2 Å². The van der Waals surface area contributed by atoms with E-state index in [-0.39, 0.29) is 11.1 Å². The zero-order chi connectivity index (χ0) is 15.5. The van der Waals surface area contributed by atoms with Crippen LogP contribution in [0.4, 0.5) is 17.1 Å². The lowest BCUT2D eigenvalue weighted by Gasteiger charge is -2.24. The second-order valence-corrected chi connectivity index (χ2v) is 6.33. The molecule has 2 aromatic rings. The van der Waals surface area contributed by atoms with Gasteiger partial charge in [0.2, 0.25) is 0 Å². The van der Waals surface area contributed by atoms with Crippen molar-refractivity contribution in [1.82, 2.24) is 0 Å². The number of nitro groups is 1. The third-order valence-electron chi connectivity index (χ3n) is 3.22. The van der Waals surface area contributed by atoms with Crippen LogP contribution in [0.1, 0.15) is 18.7 Å². The Morgan fingerprint density at radius 1 is 1.33 bits per heavy atom. The summed E-state index contributed by atoms with van der Waals surface area (Å²) < 4.78 is 0. The normalized spacial score (nSPS) is 11.2. The van der Waals surface area contributed by atoms with Crippen LogP contribution >= 0.6 is 11.3 Å². The van der Waals surface area contributed by atoms with Gasteiger partial charge in [-0.3, -0.25) is 16.0 Å². The minimum Gasteiger partial charge on any atom is -0.384 e. The highest BCUT2D eigenvalue weighted by Gasteiger charge is 2.21. The van der Waals surface area contributed by atoms with Crippen LogP contribution in [0, 0.1) is 10.1 Å². The number of hydrogen-bond acceptors (Lipinski definition) is 6. The molecule has 1 aromatic carbocycles. The third-order valence-corrected chi connectivity index (χ3v) is 4.45. The first kappa shape index (κ1) is 15.3. The molecule has 0 aliphatic carbocycles. The highest BCUT2D eigenvalue weighted by Crippen LogP contribution is 2.29. The number of benzene rings is 1. The summed E-state index contributed by atoms with van der Waals surface area (Å²) in [5.74, 6) is 5.35. The minimum absolute atomic E-state index is 0.00174. The van der Waals surface area contributed by atoms with E-state index in [1.807, 2.05) is 11.4 Å².